The molecule has 0 atom stereocenters. The van der Waals surface area contributed by atoms with E-state index in [1.807, 2.05) is 19.1 Å². The lowest BCUT2D eigenvalue weighted by molar-refractivity contribution is -0.191. The van der Waals surface area contributed by atoms with Gasteiger partial charge in [-0.15, -0.1) is 0 Å². The quantitative estimate of drug-likeness (QED) is 0.502. The number of nitrogens with zero attached hydrogens (tertiary/aromatic N) is 2. The van der Waals surface area contributed by atoms with E-state index in [2.05, 4.69) is 19.7 Å². The van der Waals surface area contributed by atoms with Gasteiger partial charge in [0.2, 0.25) is 0 Å². The third-order valence-corrected chi connectivity index (χ3v) is 3.56. The molecular weight excluding hydrogens is 392 g/mol. The van der Waals surface area contributed by atoms with Crippen molar-refractivity contribution in [3.63, 3.8) is 0 Å². The van der Waals surface area contributed by atoms with Crippen LogP contribution in [0, 0.1) is 13.8 Å². The molecule has 3 aromatic rings. The molecule has 0 spiro atoms. The minimum atomic E-state index is -0.302. The number of nitrogen functional groups attached to an aromatic ring is 1. The van der Waals surface area contributed by atoms with Crippen molar-refractivity contribution >= 4 is 29.0 Å². The molecule has 0 aliphatic rings. The number of aromatic nitrogens is 3. The zero-order chi connectivity index (χ0) is 23.1. The largest absolute Gasteiger partial charge is 0.507 e. The van der Waals surface area contributed by atoms with Gasteiger partial charge in [0.15, 0.2) is 0 Å². The van der Waals surface area contributed by atoms with E-state index in [0.717, 1.165) is 5.56 Å². The predicted molar refractivity (Wildman–Crippen MR) is 109 cm³/mol. The summed E-state index contributed by atoms with van der Waals surface area (Å²) in [7, 11) is 1.38. The fraction of sp³-hybridized carbons (Fsp3) is 0.250. The molecule has 10 nitrogen and oxygen atoms in total. The summed E-state index contributed by atoms with van der Waals surface area (Å²) in [6.07, 6.45) is 3.96. The first kappa shape index (κ1) is 26.0. The third kappa shape index (κ3) is 8.77. The van der Waals surface area contributed by atoms with E-state index in [0.29, 0.717) is 28.8 Å². The van der Waals surface area contributed by atoms with Crippen LogP contribution in [0.15, 0.2) is 41.5 Å². The van der Waals surface area contributed by atoms with Crippen molar-refractivity contribution in [3.05, 3.63) is 58.1 Å². The van der Waals surface area contributed by atoms with Crippen molar-refractivity contribution in [3.8, 4) is 5.75 Å². The molecule has 10 heteroatoms. The summed E-state index contributed by atoms with van der Waals surface area (Å²) in [5, 5.41) is 10.1. The number of nitrogens with two attached hydrogens (primary N) is 1. The average molecular weight is 416 g/mol. The number of anilines is 1. The van der Waals surface area contributed by atoms with Gasteiger partial charge < -0.3 is 20.6 Å². The lowest BCUT2D eigenvalue weighted by Crippen LogP contribution is -2.09. The molecule has 160 valence electrons. The molecule has 30 heavy (non-hydrogen) atoms. The van der Waals surface area contributed by atoms with Crippen LogP contribution in [-0.4, -0.2) is 39.3 Å². The highest BCUT2D eigenvalue weighted by Crippen LogP contribution is 2.21. The van der Waals surface area contributed by atoms with Crippen LogP contribution < -0.4 is 11.3 Å². The Morgan fingerprint density at radius 3 is 2.20 bits per heavy atom. The van der Waals surface area contributed by atoms with E-state index in [4.69, 9.17) is 15.3 Å². The Hall–Kier alpha value is -4.04. The standard InChI is InChI=1S/C9H8N2O2.C6H8N2.C4H8O2.CO2/c1-5-7(12)6-3-2-4-10-8(6)11-9(5)13;1-5-3-2-4-8-6(5)7;1-3-4(5)6-2;2-1-3/h2-4H,1H3,(H2,10,11,12,13);2-4H,1H3,(H2,7,8);3H2,1-2H3;. The average Bonchev–Trinajstić information content (AvgIpc) is 2.75. The first-order valence-corrected chi connectivity index (χ1v) is 8.63. The SMILES string of the molecule is CCC(=O)OC.Cc1c(O)c2cccnc2[nH]c1=O.Cc1cccnc1N.O=C=O. The molecule has 3 aromatic heterocycles. The smallest absolute Gasteiger partial charge is 0.373 e. The number of rotatable bonds is 1. The fourth-order valence-electron chi connectivity index (χ4n) is 1.85. The lowest BCUT2D eigenvalue weighted by atomic mass is 10.2. The zero-order valence-corrected chi connectivity index (χ0v) is 17.1. The molecule has 0 saturated carbocycles. The second kappa shape index (κ2) is 14.0. The summed E-state index contributed by atoms with van der Waals surface area (Å²) in [5.41, 5.74) is 6.87. The second-order valence-electron chi connectivity index (χ2n) is 5.55. The minimum absolute atomic E-state index is 0.00634. The molecule has 0 unspecified atom stereocenters. The minimum Gasteiger partial charge on any atom is -0.507 e. The number of aryl methyl sites for hydroxylation is 1. The molecule has 0 amide bonds. The molecule has 0 saturated heterocycles. The Kier molecular flexibility index (Phi) is 12.1. The van der Waals surface area contributed by atoms with Crippen molar-refractivity contribution in [2.24, 2.45) is 0 Å². The van der Waals surface area contributed by atoms with Gasteiger partial charge in [-0.1, -0.05) is 13.0 Å². The van der Waals surface area contributed by atoms with Gasteiger partial charge in [-0.3, -0.25) is 9.59 Å². The Morgan fingerprint density at radius 1 is 1.20 bits per heavy atom. The molecule has 0 aromatic carbocycles. The lowest BCUT2D eigenvalue weighted by Gasteiger charge is -2.01. The monoisotopic (exact) mass is 416 g/mol. The summed E-state index contributed by atoms with van der Waals surface area (Å²) in [6.45, 7) is 5.26. The van der Waals surface area contributed by atoms with Crippen LogP contribution in [0.5, 0.6) is 5.75 Å². The van der Waals surface area contributed by atoms with Crippen molar-refractivity contribution < 1.29 is 24.2 Å². The van der Waals surface area contributed by atoms with Crippen molar-refractivity contribution in [1.82, 2.24) is 15.0 Å². The number of pyridine rings is 3. The Bertz CT molecular complexity index is 1020. The molecule has 3 rings (SSSR count). The first-order valence-electron chi connectivity index (χ1n) is 8.63. The number of esters is 1. The van der Waals surface area contributed by atoms with Crippen molar-refractivity contribution in [2.75, 3.05) is 12.8 Å². The number of fused-ring (bicyclic) bond motifs is 1. The van der Waals surface area contributed by atoms with Crippen LogP contribution in [0.2, 0.25) is 0 Å². The number of hydrogen-bond donors (Lipinski definition) is 3. The molecular formula is C20H24N4O6. The van der Waals surface area contributed by atoms with Crippen LogP contribution >= 0.6 is 0 Å². The van der Waals surface area contributed by atoms with Gasteiger partial charge in [-0.2, -0.15) is 9.59 Å². The van der Waals surface area contributed by atoms with Gasteiger partial charge >= 0.3 is 12.1 Å². The number of ether oxygens (including phenoxy) is 1. The maximum atomic E-state index is 11.2. The Morgan fingerprint density at radius 2 is 1.77 bits per heavy atom. The predicted octanol–water partition coefficient (Wildman–Crippen LogP) is 1.90. The number of nitrogens with one attached hydrogen (secondary N) is 1. The summed E-state index contributed by atoms with van der Waals surface area (Å²) in [4.78, 5) is 47.8. The number of carbonyl (C=O) groups excluding carboxylic acids is 3. The van der Waals surface area contributed by atoms with Gasteiger partial charge in [0.05, 0.1) is 18.1 Å². The second-order valence-corrected chi connectivity index (χ2v) is 5.55. The highest BCUT2D eigenvalue weighted by atomic mass is 16.5. The number of H-pyrrole nitrogens is 1. The fourth-order valence-corrected chi connectivity index (χ4v) is 1.85. The van der Waals surface area contributed by atoms with Crippen LogP contribution in [0.3, 0.4) is 0 Å². The number of methoxy groups -OCH3 is 1. The maximum Gasteiger partial charge on any atom is 0.373 e. The maximum absolute atomic E-state index is 11.2. The third-order valence-electron chi connectivity index (χ3n) is 3.56. The first-order chi connectivity index (χ1) is 14.2. The van der Waals surface area contributed by atoms with Crippen molar-refractivity contribution in [1.29, 1.82) is 0 Å². The van der Waals surface area contributed by atoms with Crippen LogP contribution in [0.1, 0.15) is 24.5 Å². The summed E-state index contributed by atoms with van der Waals surface area (Å²) >= 11 is 0. The van der Waals surface area contributed by atoms with Crippen LogP contribution in [0.4, 0.5) is 5.82 Å². The zero-order valence-electron chi connectivity index (χ0n) is 17.1. The Labute approximate surface area is 172 Å². The van der Waals surface area contributed by atoms with Gasteiger partial charge in [-0.05, 0) is 37.6 Å². The highest BCUT2D eigenvalue weighted by Gasteiger charge is 2.06. The molecule has 0 aliphatic heterocycles. The number of aromatic hydroxyl groups is 1. The molecule has 0 bridgehead atoms. The molecule has 0 fully saturated rings. The van der Waals surface area contributed by atoms with Gasteiger partial charge in [-0.25, -0.2) is 9.97 Å². The van der Waals surface area contributed by atoms with E-state index in [9.17, 15) is 14.7 Å². The topological polar surface area (TPSA) is 165 Å². The van der Waals surface area contributed by atoms with Gasteiger partial charge in [0.1, 0.15) is 17.2 Å². The highest BCUT2D eigenvalue weighted by molar-refractivity contribution is 5.82. The number of hydrogen-bond acceptors (Lipinski definition) is 9. The molecule has 0 radical (unpaired) electrons. The summed E-state index contributed by atoms with van der Waals surface area (Å²) < 4.78 is 4.26. The number of aromatic amines is 1. The van der Waals surface area contributed by atoms with E-state index < -0.39 is 0 Å². The van der Waals surface area contributed by atoms with E-state index in [-0.39, 0.29) is 23.4 Å². The van der Waals surface area contributed by atoms with Crippen LogP contribution in [-0.2, 0) is 19.1 Å². The summed E-state index contributed by atoms with van der Waals surface area (Å²) in [6, 6.07) is 7.22. The normalized spacial score (nSPS) is 8.80. The van der Waals surface area contributed by atoms with E-state index in [1.165, 1.54) is 7.11 Å². The van der Waals surface area contributed by atoms with Crippen molar-refractivity contribution in [2.45, 2.75) is 27.2 Å². The van der Waals surface area contributed by atoms with E-state index >= 15 is 0 Å². The molecule has 3 heterocycles. The Balaban J connectivity index is 0.000000426. The molecule has 4 N–H and O–H groups in total. The van der Waals surface area contributed by atoms with Gasteiger partial charge in [0.25, 0.3) is 5.56 Å². The number of carbonyl (C=O) groups is 1. The molecule has 0 aliphatic carbocycles. The van der Waals surface area contributed by atoms with Crippen LogP contribution in [0.25, 0.3) is 11.0 Å². The van der Waals surface area contributed by atoms with Gasteiger partial charge in [0, 0.05) is 18.8 Å². The van der Waals surface area contributed by atoms with E-state index in [1.54, 1.807) is 38.4 Å². The summed E-state index contributed by atoms with van der Waals surface area (Å²) in [5.74, 6) is 0.467.